The molecule has 7 heteroatoms. The molecule has 2 heterocycles. The number of rotatable bonds is 3. The highest BCUT2D eigenvalue weighted by molar-refractivity contribution is 9.10. The van der Waals surface area contributed by atoms with Crippen molar-refractivity contribution >= 4 is 39.2 Å². The van der Waals surface area contributed by atoms with Gasteiger partial charge in [-0.15, -0.1) is 0 Å². The third-order valence-electron chi connectivity index (χ3n) is 3.68. The number of aromatic nitrogens is 1. The Hall–Kier alpha value is -2.41. The second-order valence-electron chi connectivity index (χ2n) is 5.59. The molecule has 1 aliphatic rings. The zero-order valence-electron chi connectivity index (χ0n) is 13.3. The molecule has 0 saturated carbocycles. The van der Waals surface area contributed by atoms with Gasteiger partial charge in [0.1, 0.15) is 11.1 Å². The molecule has 0 bridgehead atoms. The van der Waals surface area contributed by atoms with E-state index in [4.69, 9.17) is 4.74 Å². The lowest BCUT2D eigenvalue weighted by molar-refractivity contribution is -0.123. The Bertz CT molecular complexity index is 823. The highest BCUT2D eigenvalue weighted by atomic mass is 79.9. The van der Waals surface area contributed by atoms with E-state index in [1.54, 1.807) is 12.1 Å². The maximum atomic E-state index is 12.4. The number of aryl methyl sites for hydroxylation is 2. The Balaban J connectivity index is 1.80. The molecule has 124 valence electrons. The van der Waals surface area contributed by atoms with Crippen LogP contribution in [-0.2, 0) is 9.59 Å². The first kappa shape index (κ1) is 16.4. The number of nitrogens with one attached hydrogen (secondary N) is 1. The summed E-state index contributed by atoms with van der Waals surface area (Å²) in [7, 11) is 0. The van der Waals surface area contributed by atoms with Crippen molar-refractivity contribution in [2.24, 2.45) is 0 Å². The van der Waals surface area contributed by atoms with E-state index in [-0.39, 0.29) is 25.0 Å². The fourth-order valence-electron chi connectivity index (χ4n) is 2.42. The van der Waals surface area contributed by atoms with Gasteiger partial charge >= 0.3 is 0 Å². The van der Waals surface area contributed by atoms with Gasteiger partial charge < -0.3 is 10.1 Å². The number of carbonyl (C=O) groups excluding carboxylic acids is 2. The highest BCUT2D eigenvalue weighted by Gasteiger charge is 2.29. The van der Waals surface area contributed by atoms with Crippen molar-refractivity contribution in [1.82, 2.24) is 4.98 Å². The van der Waals surface area contributed by atoms with Crippen LogP contribution in [0, 0.1) is 13.8 Å². The molecule has 1 aromatic heterocycles. The molecule has 1 aliphatic heterocycles. The van der Waals surface area contributed by atoms with Gasteiger partial charge in [-0.2, -0.15) is 0 Å². The van der Waals surface area contributed by atoms with Crippen LogP contribution in [0.1, 0.15) is 11.1 Å². The highest BCUT2D eigenvalue weighted by Crippen LogP contribution is 2.31. The molecule has 6 nitrogen and oxygen atoms in total. The Morgan fingerprint density at radius 1 is 1.33 bits per heavy atom. The second kappa shape index (κ2) is 6.60. The van der Waals surface area contributed by atoms with Gasteiger partial charge in [-0.1, -0.05) is 12.1 Å². The number of hydrogen-bond donors (Lipinski definition) is 1. The topological polar surface area (TPSA) is 71.5 Å². The van der Waals surface area contributed by atoms with Crippen molar-refractivity contribution in [3.05, 3.63) is 46.1 Å². The van der Waals surface area contributed by atoms with Crippen LogP contribution in [0.3, 0.4) is 0 Å². The minimum absolute atomic E-state index is 0.104. The number of halogens is 1. The van der Waals surface area contributed by atoms with Gasteiger partial charge in [0.05, 0.1) is 0 Å². The summed E-state index contributed by atoms with van der Waals surface area (Å²) < 4.78 is 5.92. The number of ether oxygens (including phenoxy) is 1. The van der Waals surface area contributed by atoms with Crippen molar-refractivity contribution in [2.75, 3.05) is 23.4 Å². The molecule has 1 aromatic carbocycles. The Morgan fingerprint density at radius 2 is 2.12 bits per heavy atom. The molecule has 0 atom stereocenters. The van der Waals surface area contributed by atoms with Crippen LogP contribution in [0.4, 0.5) is 11.5 Å². The summed E-state index contributed by atoms with van der Waals surface area (Å²) >= 11 is 3.27. The van der Waals surface area contributed by atoms with Gasteiger partial charge in [0, 0.05) is 5.69 Å². The average molecular weight is 390 g/mol. The molecule has 0 saturated heterocycles. The maximum absolute atomic E-state index is 12.4. The van der Waals surface area contributed by atoms with Crippen molar-refractivity contribution in [3.8, 4) is 5.75 Å². The van der Waals surface area contributed by atoms with E-state index in [0.717, 1.165) is 16.8 Å². The largest absolute Gasteiger partial charge is 0.480 e. The summed E-state index contributed by atoms with van der Waals surface area (Å²) in [5, 5.41) is 2.85. The summed E-state index contributed by atoms with van der Waals surface area (Å²) in [5.41, 5.74) is 2.75. The number of fused-ring (bicyclic) bond motifs is 1. The predicted molar refractivity (Wildman–Crippen MR) is 94.3 cm³/mol. The van der Waals surface area contributed by atoms with Crippen LogP contribution >= 0.6 is 15.9 Å². The first-order valence-corrected chi connectivity index (χ1v) is 8.20. The Kier molecular flexibility index (Phi) is 4.53. The van der Waals surface area contributed by atoms with Crippen LogP contribution in [0.25, 0.3) is 0 Å². The third-order valence-corrected chi connectivity index (χ3v) is 4.12. The van der Waals surface area contributed by atoms with Gasteiger partial charge in [0.15, 0.2) is 18.2 Å². The van der Waals surface area contributed by atoms with E-state index in [0.29, 0.717) is 16.2 Å². The van der Waals surface area contributed by atoms with Gasteiger partial charge in [-0.05, 0) is 59.1 Å². The van der Waals surface area contributed by atoms with Gasteiger partial charge in [0.25, 0.3) is 5.91 Å². The molecule has 0 fully saturated rings. The maximum Gasteiger partial charge on any atom is 0.266 e. The van der Waals surface area contributed by atoms with Crippen molar-refractivity contribution in [3.63, 3.8) is 0 Å². The number of carbonyl (C=O) groups is 2. The summed E-state index contributed by atoms with van der Waals surface area (Å²) in [4.78, 5) is 30.1. The smallest absolute Gasteiger partial charge is 0.266 e. The van der Waals surface area contributed by atoms with E-state index >= 15 is 0 Å². The lowest BCUT2D eigenvalue weighted by Gasteiger charge is -2.27. The van der Waals surface area contributed by atoms with Crippen molar-refractivity contribution in [2.45, 2.75) is 13.8 Å². The molecule has 2 aromatic rings. The van der Waals surface area contributed by atoms with Gasteiger partial charge in [-0.3, -0.25) is 14.5 Å². The molecular weight excluding hydrogens is 374 g/mol. The summed E-state index contributed by atoms with van der Waals surface area (Å²) in [6.07, 6.45) is 0. The monoisotopic (exact) mass is 389 g/mol. The van der Waals surface area contributed by atoms with E-state index < -0.39 is 0 Å². The first-order valence-electron chi connectivity index (χ1n) is 7.41. The molecular formula is C17H16BrN3O3. The summed E-state index contributed by atoms with van der Waals surface area (Å²) in [5.74, 6) is 0.241. The van der Waals surface area contributed by atoms with Gasteiger partial charge in [0.2, 0.25) is 5.91 Å². The molecule has 1 N–H and O–H groups in total. The van der Waals surface area contributed by atoms with Gasteiger partial charge in [-0.25, -0.2) is 4.98 Å². The molecule has 24 heavy (non-hydrogen) atoms. The third kappa shape index (κ3) is 3.41. The number of amides is 2. The molecule has 0 aliphatic carbocycles. The lowest BCUT2D eigenvalue weighted by atomic mass is 10.1. The summed E-state index contributed by atoms with van der Waals surface area (Å²) in [6.45, 7) is 3.65. The minimum Gasteiger partial charge on any atom is -0.480 e. The lowest BCUT2D eigenvalue weighted by Crippen LogP contribution is -2.44. The fourth-order valence-corrected chi connectivity index (χ4v) is 2.72. The predicted octanol–water partition coefficient (Wildman–Crippen LogP) is 2.83. The fraction of sp³-hybridized carbons (Fsp3) is 0.235. The molecule has 0 unspecified atom stereocenters. The van der Waals surface area contributed by atoms with E-state index in [1.165, 1.54) is 4.90 Å². The standard InChI is InChI=1S/C17H16BrN3O3/c1-10-3-4-11(2)12(7-10)19-15(22)8-21-16(23)9-24-13-5-6-14(18)20-17(13)21/h3-7H,8-9H2,1-2H3,(H,19,22). The SMILES string of the molecule is Cc1ccc(C)c(NC(=O)CN2C(=O)COc3ccc(Br)nc32)c1. The van der Waals surface area contributed by atoms with Crippen LogP contribution < -0.4 is 15.0 Å². The van der Waals surface area contributed by atoms with Crippen LogP contribution in [-0.4, -0.2) is 29.9 Å². The van der Waals surface area contributed by atoms with E-state index in [2.05, 4.69) is 26.2 Å². The zero-order chi connectivity index (χ0) is 17.3. The Labute approximate surface area is 148 Å². The first-order chi connectivity index (χ1) is 11.4. The normalized spacial score (nSPS) is 13.3. The summed E-state index contributed by atoms with van der Waals surface area (Å²) in [6, 6.07) is 9.27. The van der Waals surface area contributed by atoms with Crippen molar-refractivity contribution in [1.29, 1.82) is 0 Å². The molecule has 3 rings (SSSR count). The number of anilines is 2. The van der Waals surface area contributed by atoms with E-state index in [9.17, 15) is 9.59 Å². The molecule has 2 amide bonds. The van der Waals surface area contributed by atoms with Crippen molar-refractivity contribution < 1.29 is 14.3 Å². The number of benzene rings is 1. The zero-order valence-corrected chi connectivity index (χ0v) is 14.9. The Morgan fingerprint density at radius 3 is 2.92 bits per heavy atom. The van der Waals surface area contributed by atoms with Crippen LogP contribution in [0.2, 0.25) is 0 Å². The quantitative estimate of drug-likeness (QED) is 0.819. The van der Waals surface area contributed by atoms with Crippen LogP contribution in [0.5, 0.6) is 5.75 Å². The second-order valence-corrected chi connectivity index (χ2v) is 6.40. The number of nitrogens with zero attached hydrogens (tertiary/aromatic N) is 2. The van der Waals surface area contributed by atoms with Crippen LogP contribution in [0.15, 0.2) is 34.9 Å². The molecule has 0 spiro atoms. The van der Waals surface area contributed by atoms with E-state index in [1.807, 2.05) is 32.0 Å². The number of hydrogen-bond acceptors (Lipinski definition) is 4. The minimum atomic E-state index is -0.302. The number of pyridine rings is 1. The average Bonchev–Trinajstić information content (AvgIpc) is 2.54. The molecule has 0 radical (unpaired) electrons.